The van der Waals surface area contributed by atoms with Gasteiger partial charge < -0.3 is 51.0 Å². The number of likely N-dealkylation sites (N-methyl/N-ethyl adjacent to an activating group) is 1. The molecule has 16 nitrogen and oxygen atoms in total. The van der Waals surface area contributed by atoms with E-state index in [-0.39, 0.29) is 50.0 Å². The van der Waals surface area contributed by atoms with Gasteiger partial charge in [-0.2, -0.15) is 0 Å². The number of rotatable bonds is 20. The number of amides is 6. The summed E-state index contributed by atoms with van der Waals surface area (Å²) in [5.74, 6) is -2.21. The molecule has 17 heteroatoms. The predicted octanol–water partition coefficient (Wildman–Crippen LogP) is 4.04. The van der Waals surface area contributed by atoms with Crippen molar-refractivity contribution in [3.8, 4) is 12.1 Å². The highest BCUT2D eigenvalue weighted by Crippen LogP contribution is 2.45. The number of nitrogens with one attached hydrogen (secondary N) is 5. The number of carbonyl (C=O) groups excluding carboxylic acids is 6. The van der Waals surface area contributed by atoms with Crippen molar-refractivity contribution in [2.75, 3.05) is 30.6 Å². The van der Waals surface area contributed by atoms with Gasteiger partial charge in [0.2, 0.25) is 11.8 Å². The molecule has 53 heavy (non-hydrogen) atoms. The second kappa shape index (κ2) is 21.2. The van der Waals surface area contributed by atoms with Gasteiger partial charge in [0.15, 0.2) is 0 Å². The molecule has 0 aliphatic rings. The Morgan fingerprint density at radius 1 is 0.943 bits per heavy atom. The number of hydrogen-bond acceptors (Lipinski definition) is 9. The summed E-state index contributed by atoms with van der Waals surface area (Å²) in [5.41, 5.74) is 8.86. The van der Waals surface area contributed by atoms with Crippen LogP contribution in [-0.2, 0) is 34.8 Å². The first-order valence-electron chi connectivity index (χ1n) is 17.0. The number of ether oxygens (including phenoxy) is 1. The molecular formula is C36H50N7O9P. The minimum atomic E-state index is -3.55. The van der Waals surface area contributed by atoms with Crippen molar-refractivity contribution >= 4 is 55.0 Å². The van der Waals surface area contributed by atoms with Crippen LogP contribution in [0.15, 0.2) is 48.5 Å². The van der Waals surface area contributed by atoms with Crippen LogP contribution in [0.3, 0.4) is 0 Å². The lowest BCUT2D eigenvalue weighted by Gasteiger charge is -2.26. The Bertz CT molecular complexity index is 1660. The summed E-state index contributed by atoms with van der Waals surface area (Å²) in [6.07, 6.45) is 5.79. The summed E-state index contributed by atoms with van der Waals surface area (Å²) in [4.78, 5) is 76.4. The molecule has 0 radical (unpaired) electrons. The quantitative estimate of drug-likeness (QED) is 0.0492. The van der Waals surface area contributed by atoms with Crippen LogP contribution < -0.4 is 32.1 Å². The Kier molecular flexibility index (Phi) is 17.5. The zero-order valence-electron chi connectivity index (χ0n) is 30.8. The molecule has 4 unspecified atom stereocenters. The van der Waals surface area contributed by atoms with Crippen LogP contribution in [0.2, 0.25) is 0 Å². The summed E-state index contributed by atoms with van der Waals surface area (Å²) >= 11 is 0. The summed E-state index contributed by atoms with van der Waals surface area (Å²) < 4.78 is 23.0. The maximum absolute atomic E-state index is 13.5. The molecule has 0 aliphatic carbocycles. The van der Waals surface area contributed by atoms with Crippen molar-refractivity contribution in [1.82, 2.24) is 20.9 Å². The summed E-state index contributed by atoms with van der Waals surface area (Å²) in [5, 5.41) is 13.3. The minimum absolute atomic E-state index is 0.0717. The van der Waals surface area contributed by atoms with Crippen LogP contribution >= 0.6 is 7.52 Å². The van der Waals surface area contributed by atoms with Gasteiger partial charge in [-0.15, -0.1) is 6.42 Å². The first kappa shape index (κ1) is 43.8. The molecule has 0 saturated carbocycles. The lowest BCUT2D eigenvalue weighted by Crippen LogP contribution is -2.54. The topological polar surface area (TPSA) is 227 Å². The first-order valence-corrected chi connectivity index (χ1v) is 18.7. The largest absolute Gasteiger partial charge is 0.445 e. The van der Waals surface area contributed by atoms with Crippen LogP contribution in [0.1, 0.15) is 63.4 Å². The van der Waals surface area contributed by atoms with Gasteiger partial charge in [0.05, 0.1) is 12.6 Å². The van der Waals surface area contributed by atoms with E-state index in [9.17, 15) is 33.3 Å². The van der Waals surface area contributed by atoms with Gasteiger partial charge in [-0.3, -0.25) is 18.9 Å². The number of hydrogen-bond donors (Lipinski definition) is 6. The van der Waals surface area contributed by atoms with Crippen LogP contribution in [0.4, 0.5) is 21.0 Å². The molecule has 7 N–H and O–H groups in total. The van der Waals surface area contributed by atoms with Gasteiger partial charge in [0.25, 0.3) is 5.91 Å². The minimum Gasteiger partial charge on any atom is -0.445 e. The lowest BCUT2D eigenvalue weighted by atomic mass is 10.0. The molecule has 0 aromatic heterocycles. The molecule has 0 spiro atoms. The number of nitrogens with two attached hydrogens (primary N) is 1. The maximum Gasteiger partial charge on any atom is 0.410 e. The van der Waals surface area contributed by atoms with Crippen molar-refractivity contribution in [3.63, 3.8) is 0 Å². The van der Waals surface area contributed by atoms with E-state index < -0.39 is 55.5 Å². The number of urea groups is 1. The normalized spacial score (nSPS) is 13.6. The van der Waals surface area contributed by atoms with Gasteiger partial charge in [0.1, 0.15) is 25.0 Å². The number of carbonyl (C=O) groups is 6. The molecular weight excluding hydrogens is 705 g/mol. The third-order valence-corrected chi connectivity index (χ3v) is 9.40. The molecule has 0 fully saturated rings. The van der Waals surface area contributed by atoms with E-state index in [1.165, 1.54) is 36.2 Å². The van der Waals surface area contributed by atoms with E-state index in [0.717, 1.165) is 0 Å². The van der Waals surface area contributed by atoms with Gasteiger partial charge in [-0.05, 0) is 73.6 Å². The zero-order valence-corrected chi connectivity index (χ0v) is 31.7. The Labute approximate surface area is 310 Å². The van der Waals surface area contributed by atoms with E-state index in [2.05, 4.69) is 32.0 Å². The Morgan fingerprint density at radius 3 is 2.09 bits per heavy atom. The molecule has 2 rings (SSSR count). The van der Waals surface area contributed by atoms with Gasteiger partial charge >= 0.3 is 19.6 Å². The summed E-state index contributed by atoms with van der Waals surface area (Å²) in [7, 11) is -2.06. The molecule has 0 saturated heterocycles. The van der Waals surface area contributed by atoms with Crippen molar-refractivity contribution in [2.24, 2.45) is 17.6 Å². The Hall–Kier alpha value is -5.39. The highest BCUT2D eigenvalue weighted by molar-refractivity contribution is 7.65. The fourth-order valence-corrected chi connectivity index (χ4v) is 5.99. The van der Waals surface area contributed by atoms with Gasteiger partial charge in [-0.1, -0.05) is 39.8 Å². The first-order chi connectivity index (χ1) is 25.0. The van der Waals surface area contributed by atoms with Crippen LogP contribution in [-0.4, -0.2) is 79.4 Å². The standard InChI is InChI=1S/C36H50N7O9P/c1-8-52-53(50,9-2)42-28-18-14-26(15-19-28)32(45)41-31(24(5)6)34(47)40-29(11-10-20-38-35(37)48)33(46)39-27-16-12-25(13-17-27)22-51-36(49)43(7)30(21-44)23(3)4/h2,12-19,21,23-24,29-31H,8,10-11,20,22H2,1,3-7H3,(H,39,46)(H,40,47)(H,41,45)(H,42,50)(H3,37,38,48). The zero-order chi connectivity index (χ0) is 39.7. The summed E-state index contributed by atoms with van der Waals surface area (Å²) in [6, 6.07) is 8.94. The third kappa shape index (κ3) is 14.3. The molecule has 288 valence electrons. The Balaban J connectivity index is 2.12. The van der Waals surface area contributed by atoms with Crippen LogP contribution in [0.5, 0.6) is 0 Å². The third-order valence-electron chi connectivity index (χ3n) is 7.88. The molecule has 0 aliphatic heterocycles. The second-order valence-electron chi connectivity index (χ2n) is 12.7. The molecule has 0 bridgehead atoms. The lowest BCUT2D eigenvalue weighted by molar-refractivity contribution is -0.128. The van der Waals surface area contributed by atoms with E-state index in [0.29, 0.717) is 23.2 Å². The number of nitrogens with zero attached hydrogens (tertiary/aromatic N) is 1. The second-order valence-corrected chi connectivity index (χ2v) is 14.5. The van der Waals surface area contributed by atoms with E-state index in [4.69, 9.17) is 21.4 Å². The Morgan fingerprint density at radius 2 is 1.57 bits per heavy atom. The van der Waals surface area contributed by atoms with Crippen molar-refractivity contribution in [3.05, 3.63) is 59.7 Å². The fraction of sp³-hybridized carbons (Fsp3) is 0.444. The average molecular weight is 756 g/mol. The van der Waals surface area contributed by atoms with Gasteiger partial charge in [-0.25, -0.2) is 9.59 Å². The molecule has 2 aromatic carbocycles. The van der Waals surface area contributed by atoms with Crippen molar-refractivity contribution < 1.29 is 42.6 Å². The van der Waals surface area contributed by atoms with Crippen molar-refractivity contribution in [2.45, 2.75) is 72.2 Å². The molecule has 0 heterocycles. The summed E-state index contributed by atoms with van der Waals surface area (Å²) in [6.45, 7) is 8.97. The number of anilines is 2. The monoisotopic (exact) mass is 755 g/mol. The highest BCUT2D eigenvalue weighted by Gasteiger charge is 2.29. The fourth-order valence-electron chi connectivity index (χ4n) is 4.94. The molecule has 2 aromatic rings. The number of primary amides is 1. The highest BCUT2D eigenvalue weighted by atomic mass is 31.2. The number of terminal acetylenes is 1. The van der Waals surface area contributed by atoms with E-state index in [1.807, 2.05) is 13.8 Å². The predicted molar refractivity (Wildman–Crippen MR) is 201 cm³/mol. The van der Waals surface area contributed by atoms with Crippen LogP contribution in [0.25, 0.3) is 0 Å². The van der Waals surface area contributed by atoms with E-state index >= 15 is 0 Å². The number of aldehydes is 1. The molecule has 6 amide bonds. The molecule has 4 atom stereocenters. The smallest absolute Gasteiger partial charge is 0.410 e. The van der Waals surface area contributed by atoms with Crippen molar-refractivity contribution in [1.29, 1.82) is 0 Å². The maximum atomic E-state index is 13.5. The van der Waals surface area contributed by atoms with Gasteiger partial charge in [0, 0.05) is 36.2 Å². The SMILES string of the molecule is C#CP(=O)(Nc1ccc(C(=O)NC(C(=O)NC(CCCNC(N)=O)C(=O)Nc2ccc(COC(=O)N(C)C(C=O)C(C)C)cc2)C(C)C)cc1)OCC. The van der Waals surface area contributed by atoms with Crippen LogP contribution in [0, 0.1) is 23.9 Å². The number of benzene rings is 2. The van der Waals surface area contributed by atoms with E-state index in [1.54, 1.807) is 45.0 Å². The average Bonchev–Trinajstić information content (AvgIpc) is 3.11.